The molecule has 1 heterocycles. The molecule has 4 rings (SSSR count). The van der Waals surface area contributed by atoms with E-state index in [0.717, 1.165) is 56.8 Å². The summed E-state index contributed by atoms with van der Waals surface area (Å²) in [6.07, 6.45) is 17.6. The summed E-state index contributed by atoms with van der Waals surface area (Å²) in [5, 5.41) is 4.60. The van der Waals surface area contributed by atoms with Gasteiger partial charge in [-0.3, -0.25) is 9.62 Å². The molecule has 1 saturated heterocycles. The molecule has 1 N–H and O–H groups in total. The molecule has 1 saturated carbocycles. The maximum absolute atomic E-state index is 11.4. The molecule has 0 atom stereocenters. The zero-order valence-electron chi connectivity index (χ0n) is 22.5. The Morgan fingerprint density at radius 1 is 1.03 bits per heavy atom. The molecule has 2 fully saturated rings. The van der Waals surface area contributed by atoms with Crippen molar-refractivity contribution < 1.29 is 18.0 Å². The molecule has 0 radical (unpaired) electrons. The predicted octanol–water partition coefficient (Wildman–Crippen LogP) is 6.12. The Balaban J connectivity index is 1.24. The summed E-state index contributed by atoms with van der Waals surface area (Å²) in [4.78, 5) is 8.11. The molecule has 0 spiro atoms. The van der Waals surface area contributed by atoms with Crippen LogP contribution >= 0.6 is 0 Å². The van der Waals surface area contributed by atoms with Crippen LogP contribution in [0.3, 0.4) is 0 Å². The second-order valence-corrected chi connectivity index (χ2v) is 12.5. The number of hydrogen-bond acceptors (Lipinski definition) is 6. The van der Waals surface area contributed by atoms with Crippen LogP contribution in [-0.4, -0.2) is 51.5 Å². The molecular weight excluding hydrogens is 486 g/mol. The summed E-state index contributed by atoms with van der Waals surface area (Å²) in [5.41, 5.74) is 3.29. The van der Waals surface area contributed by atoms with Crippen LogP contribution < -0.4 is 9.46 Å². The minimum Gasteiger partial charge on any atom is -0.462 e. The van der Waals surface area contributed by atoms with Gasteiger partial charge < -0.3 is 9.57 Å². The van der Waals surface area contributed by atoms with Gasteiger partial charge in [-0.25, -0.2) is 8.42 Å². The number of nitrogens with one attached hydrogen (secondary N) is 1. The largest absolute Gasteiger partial charge is 0.462 e. The molecule has 0 aromatic heterocycles. The van der Waals surface area contributed by atoms with Crippen LogP contribution in [0.2, 0.25) is 0 Å². The Bertz CT molecular complexity index is 1060. The maximum Gasteiger partial charge on any atom is 0.229 e. The standard InChI is InChI=1S/C29H43N3O4S/c1-3-35-30-29(21-23-7-5-4-6-8-23)25-17-19-32(20-18-25)22-24-9-13-27(14-10-24)36-28-15-11-26(12-16-28)31-37(2,33)34/h9,11-13,15-16,23,25,31H,3-8,10,14,17-22H2,1-2H3/b30-29-. The quantitative estimate of drug-likeness (QED) is 0.276. The molecule has 1 aliphatic heterocycles. The molecule has 1 aromatic carbocycles. The summed E-state index contributed by atoms with van der Waals surface area (Å²) in [7, 11) is -3.28. The first-order valence-electron chi connectivity index (χ1n) is 13.9. The van der Waals surface area contributed by atoms with Gasteiger partial charge in [0.05, 0.1) is 12.0 Å². The molecule has 2 aliphatic carbocycles. The SMILES string of the molecule is CCO/N=C(/CC1CCCCC1)C1CCN(CC2=CC=C(Oc3ccc(NS(C)(=O)=O)cc3)CC2)CC1. The lowest BCUT2D eigenvalue weighted by atomic mass is 9.81. The summed E-state index contributed by atoms with van der Waals surface area (Å²) >= 11 is 0. The van der Waals surface area contributed by atoms with Crippen LogP contribution in [0.15, 0.2) is 52.9 Å². The molecule has 204 valence electrons. The number of nitrogens with zero attached hydrogens (tertiary/aromatic N) is 2. The topological polar surface area (TPSA) is 80.2 Å². The molecule has 1 aromatic rings. The number of rotatable bonds is 11. The van der Waals surface area contributed by atoms with Gasteiger partial charge in [0.2, 0.25) is 10.0 Å². The van der Waals surface area contributed by atoms with Crippen LogP contribution in [0.1, 0.15) is 71.1 Å². The number of sulfonamides is 1. The molecule has 37 heavy (non-hydrogen) atoms. The van der Waals surface area contributed by atoms with Gasteiger partial charge in [-0.15, -0.1) is 0 Å². The highest BCUT2D eigenvalue weighted by atomic mass is 32.2. The first-order chi connectivity index (χ1) is 17.9. The molecule has 0 bridgehead atoms. The van der Waals surface area contributed by atoms with Gasteiger partial charge in [0.1, 0.15) is 18.1 Å². The van der Waals surface area contributed by atoms with E-state index in [2.05, 4.69) is 26.9 Å². The second-order valence-electron chi connectivity index (χ2n) is 10.7. The summed E-state index contributed by atoms with van der Waals surface area (Å²) in [6.45, 7) is 5.90. The van der Waals surface area contributed by atoms with Crippen LogP contribution in [0.4, 0.5) is 5.69 Å². The van der Waals surface area contributed by atoms with E-state index in [-0.39, 0.29) is 0 Å². The van der Waals surface area contributed by atoms with Crippen LogP contribution in [-0.2, 0) is 14.9 Å². The number of ether oxygens (including phenoxy) is 1. The monoisotopic (exact) mass is 529 g/mol. The summed E-state index contributed by atoms with van der Waals surface area (Å²) < 4.78 is 31.2. The summed E-state index contributed by atoms with van der Waals surface area (Å²) in [5.74, 6) is 3.00. The van der Waals surface area contributed by atoms with Crippen molar-refractivity contribution in [1.29, 1.82) is 0 Å². The Labute approximate surface area is 223 Å². The number of likely N-dealkylation sites (tertiary alicyclic amines) is 1. The minimum absolute atomic E-state index is 0.531. The second kappa shape index (κ2) is 13.5. The van der Waals surface area contributed by atoms with Gasteiger partial charge in [0.15, 0.2) is 0 Å². The van der Waals surface area contributed by atoms with Crippen molar-refractivity contribution in [2.24, 2.45) is 17.0 Å². The van der Waals surface area contributed by atoms with E-state index in [1.807, 2.05) is 6.92 Å². The number of benzene rings is 1. The molecule has 3 aliphatic rings. The van der Waals surface area contributed by atoms with E-state index in [9.17, 15) is 8.42 Å². The lowest BCUT2D eigenvalue weighted by molar-refractivity contribution is 0.151. The Hall–Kier alpha value is -2.32. The van der Waals surface area contributed by atoms with Crippen LogP contribution in [0.5, 0.6) is 5.75 Å². The van der Waals surface area contributed by atoms with Crippen molar-refractivity contribution in [2.75, 3.05) is 37.2 Å². The average Bonchev–Trinajstić information content (AvgIpc) is 2.89. The third kappa shape index (κ3) is 9.18. The van der Waals surface area contributed by atoms with Gasteiger partial charge in [-0.1, -0.05) is 48.9 Å². The number of oxime groups is 1. The fraction of sp³-hybridized carbons (Fsp3) is 0.621. The summed E-state index contributed by atoms with van der Waals surface area (Å²) in [6, 6.07) is 7.00. The van der Waals surface area contributed by atoms with Crippen molar-refractivity contribution in [1.82, 2.24) is 4.90 Å². The highest BCUT2D eigenvalue weighted by molar-refractivity contribution is 7.92. The van der Waals surface area contributed by atoms with Gasteiger partial charge >= 0.3 is 0 Å². The van der Waals surface area contributed by atoms with E-state index in [4.69, 9.17) is 9.57 Å². The molecule has 8 heteroatoms. The molecule has 0 amide bonds. The molecule has 7 nitrogen and oxygen atoms in total. The maximum atomic E-state index is 11.4. The Kier molecular flexibility index (Phi) is 10.1. The first-order valence-corrected chi connectivity index (χ1v) is 15.8. The zero-order valence-corrected chi connectivity index (χ0v) is 23.3. The van der Waals surface area contributed by atoms with Crippen molar-refractivity contribution in [3.63, 3.8) is 0 Å². The Morgan fingerprint density at radius 3 is 2.38 bits per heavy atom. The minimum atomic E-state index is -3.28. The third-order valence-electron chi connectivity index (χ3n) is 7.62. The Morgan fingerprint density at radius 2 is 1.76 bits per heavy atom. The fourth-order valence-corrected chi connectivity index (χ4v) is 6.22. The molecular formula is C29H43N3O4S. The van der Waals surface area contributed by atoms with E-state index in [1.54, 1.807) is 24.3 Å². The van der Waals surface area contributed by atoms with E-state index >= 15 is 0 Å². The van der Waals surface area contributed by atoms with Crippen molar-refractivity contribution >= 4 is 21.4 Å². The lowest BCUT2D eigenvalue weighted by Crippen LogP contribution is -2.38. The van der Waals surface area contributed by atoms with Crippen LogP contribution in [0, 0.1) is 11.8 Å². The van der Waals surface area contributed by atoms with Crippen molar-refractivity contribution in [3.8, 4) is 5.75 Å². The van der Waals surface area contributed by atoms with Gasteiger partial charge in [-0.2, -0.15) is 0 Å². The lowest BCUT2D eigenvalue weighted by Gasteiger charge is -2.34. The molecule has 0 unspecified atom stereocenters. The average molecular weight is 530 g/mol. The fourth-order valence-electron chi connectivity index (χ4n) is 5.66. The van der Waals surface area contributed by atoms with Crippen LogP contribution in [0.25, 0.3) is 0 Å². The first kappa shape index (κ1) is 27.7. The van der Waals surface area contributed by atoms with Gasteiger partial charge in [0, 0.05) is 24.6 Å². The van der Waals surface area contributed by atoms with Crippen molar-refractivity contribution in [3.05, 3.63) is 47.7 Å². The number of piperidine rings is 1. The van der Waals surface area contributed by atoms with E-state index in [0.29, 0.717) is 24.0 Å². The van der Waals surface area contributed by atoms with Gasteiger partial charge in [-0.05, 0) is 82.0 Å². The van der Waals surface area contributed by atoms with E-state index in [1.165, 1.54) is 56.2 Å². The highest BCUT2D eigenvalue weighted by Crippen LogP contribution is 2.31. The third-order valence-corrected chi connectivity index (χ3v) is 8.23. The van der Waals surface area contributed by atoms with E-state index < -0.39 is 10.0 Å². The normalized spacial score (nSPS) is 20.8. The smallest absolute Gasteiger partial charge is 0.229 e. The number of anilines is 1. The zero-order chi connectivity index (χ0) is 26.1. The van der Waals surface area contributed by atoms with Gasteiger partial charge in [0.25, 0.3) is 0 Å². The number of allylic oxidation sites excluding steroid dienone is 3. The number of hydrogen-bond donors (Lipinski definition) is 1. The predicted molar refractivity (Wildman–Crippen MR) is 150 cm³/mol. The highest BCUT2D eigenvalue weighted by Gasteiger charge is 2.27. The van der Waals surface area contributed by atoms with Crippen molar-refractivity contribution in [2.45, 2.75) is 71.1 Å².